The Hall–Kier alpha value is -2.18. The van der Waals surface area contributed by atoms with E-state index in [1.807, 2.05) is 31.2 Å². The van der Waals surface area contributed by atoms with Gasteiger partial charge in [0.1, 0.15) is 0 Å². The average molecular weight is 387 g/mol. The van der Waals surface area contributed by atoms with Crippen molar-refractivity contribution in [1.82, 2.24) is 10.0 Å². The number of benzene rings is 2. The molecule has 2 aromatic carbocycles. The topological polar surface area (TPSA) is 75.3 Å². The molecule has 5 nitrogen and oxygen atoms in total. The van der Waals surface area contributed by atoms with E-state index < -0.39 is 10.0 Å². The minimum Gasteiger partial charge on any atom is -0.348 e. The molecule has 0 radical (unpaired) electrons. The summed E-state index contributed by atoms with van der Waals surface area (Å²) in [6.45, 7) is 2.40. The molecule has 0 bridgehead atoms. The van der Waals surface area contributed by atoms with E-state index in [1.54, 1.807) is 12.1 Å². The minimum atomic E-state index is -3.62. The SMILES string of the molecule is Cc1cccc(CNC(=O)c2cccc(S(=O)(=O)NC3CCCCC3)c2)c1. The van der Waals surface area contributed by atoms with Crippen LogP contribution < -0.4 is 10.0 Å². The second-order valence-corrected chi connectivity index (χ2v) is 8.87. The fourth-order valence-electron chi connectivity index (χ4n) is 3.42. The molecule has 0 aliphatic heterocycles. The van der Waals surface area contributed by atoms with Crippen molar-refractivity contribution < 1.29 is 13.2 Å². The highest BCUT2D eigenvalue weighted by atomic mass is 32.2. The van der Waals surface area contributed by atoms with Crippen LogP contribution >= 0.6 is 0 Å². The summed E-state index contributed by atoms with van der Waals surface area (Å²) in [6.07, 6.45) is 5.00. The molecular formula is C21H26N2O3S. The van der Waals surface area contributed by atoms with Crippen molar-refractivity contribution in [3.8, 4) is 0 Å². The Morgan fingerprint density at radius 2 is 1.78 bits per heavy atom. The molecule has 1 fully saturated rings. The Balaban J connectivity index is 1.67. The van der Waals surface area contributed by atoms with Crippen LogP contribution in [0.5, 0.6) is 0 Å². The fraction of sp³-hybridized carbons (Fsp3) is 0.381. The number of carbonyl (C=O) groups excluding carboxylic acids is 1. The van der Waals surface area contributed by atoms with E-state index in [0.29, 0.717) is 12.1 Å². The van der Waals surface area contributed by atoms with Gasteiger partial charge in [0.05, 0.1) is 4.90 Å². The second kappa shape index (κ2) is 8.67. The molecule has 1 aliphatic carbocycles. The maximum absolute atomic E-state index is 12.6. The van der Waals surface area contributed by atoms with Crippen LogP contribution in [-0.4, -0.2) is 20.4 Å². The molecule has 0 spiro atoms. The normalized spacial score (nSPS) is 15.4. The zero-order valence-corrected chi connectivity index (χ0v) is 16.4. The summed E-state index contributed by atoms with van der Waals surface area (Å²) in [5, 5.41) is 2.85. The van der Waals surface area contributed by atoms with Gasteiger partial charge in [-0.3, -0.25) is 4.79 Å². The highest BCUT2D eigenvalue weighted by Gasteiger charge is 2.22. The Morgan fingerprint density at radius 1 is 1.04 bits per heavy atom. The van der Waals surface area contributed by atoms with Crippen molar-refractivity contribution in [2.75, 3.05) is 0 Å². The average Bonchev–Trinajstić information content (AvgIpc) is 2.67. The standard InChI is InChI=1S/C21H26N2O3S/c1-16-7-5-8-17(13-16)15-22-21(24)18-9-6-12-20(14-18)27(25,26)23-19-10-3-2-4-11-19/h5-9,12-14,19,23H,2-4,10-11,15H2,1H3,(H,22,24). The van der Waals surface area contributed by atoms with Gasteiger partial charge < -0.3 is 5.32 Å². The first-order valence-electron chi connectivity index (χ1n) is 9.40. The summed E-state index contributed by atoms with van der Waals surface area (Å²) in [4.78, 5) is 12.6. The number of amides is 1. The maximum atomic E-state index is 12.6. The van der Waals surface area contributed by atoms with E-state index in [2.05, 4.69) is 10.0 Å². The first-order chi connectivity index (χ1) is 12.9. The monoisotopic (exact) mass is 386 g/mol. The van der Waals surface area contributed by atoms with E-state index in [4.69, 9.17) is 0 Å². The first-order valence-corrected chi connectivity index (χ1v) is 10.9. The zero-order chi connectivity index (χ0) is 19.3. The minimum absolute atomic E-state index is 0.0115. The molecule has 3 rings (SSSR count). The molecule has 2 N–H and O–H groups in total. The van der Waals surface area contributed by atoms with Crippen LogP contribution in [0.3, 0.4) is 0 Å². The van der Waals surface area contributed by atoms with Gasteiger partial charge in [0.2, 0.25) is 10.0 Å². The number of hydrogen-bond acceptors (Lipinski definition) is 3. The van der Waals surface area contributed by atoms with Crippen molar-refractivity contribution in [1.29, 1.82) is 0 Å². The lowest BCUT2D eigenvalue weighted by atomic mass is 9.96. The molecule has 0 saturated heterocycles. The van der Waals surface area contributed by atoms with Gasteiger partial charge in [0, 0.05) is 18.2 Å². The van der Waals surface area contributed by atoms with Crippen LogP contribution in [0.25, 0.3) is 0 Å². The number of hydrogen-bond donors (Lipinski definition) is 2. The van der Waals surface area contributed by atoms with E-state index >= 15 is 0 Å². The zero-order valence-electron chi connectivity index (χ0n) is 15.6. The number of carbonyl (C=O) groups is 1. The van der Waals surface area contributed by atoms with Crippen molar-refractivity contribution in [3.63, 3.8) is 0 Å². The lowest BCUT2D eigenvalue weighted by Gasteiger charge is -2.22. The lowest BCUT2D eigenvalue weighted by molar-refractivity contribution is 0.0950. The third-order valence-electron chi connectivity index (χ3n) is 4.87. The molecule has 1 amide bonds. The molecule has 144 valence electrons. The number of aryl methyl sites for hydroxylation is 1. The molecule has 27 heavy (non-hydrogen) atoms. The van der Waals surface area contributed by atoms with Crippen LogP contribution in [-0.2, 0) is 16.6 Å². The summed E-state index contributed by atoms with van der Waals surface area (Å²) >= 11 is 0. The van der Waals surface area contributed by atoms with Gasteiger partial charge in [-0.2, -0.15) is 0 Å². The van der Waals surface area contributed by atoms with Gasteiger partial charge in [-0.25, -0.2) is 13.1 Å². The van der Waals surface area contributed by atoms with Crippen LogP contribution in [0, 0.1) is 6.92 Å². The molecule has 2 aromatic rings. The summed E-state index contributed by atoms with van der Waals surface area (Å²) in [7, 11) is -3.62. The van der Waals surface area contributed by atoms with Crippen LogP contribution in [0.15, 0.2) is 53.4 Å². The fourth-order valence-corrected chi connectivity index (χ4v) is 4.77. The largest absolute Gasteiger partial charge is 0.348 e. The quantitative estimate of drug-likeness (QED) is 0.797. The van der Waals surface area contributed by atoms with Gasteiger partial charge in [0.25, 0.3) is 5.91 Å². The smallest absolute Gasteiger partial charge is 0.251 e. The molecule has 0 aromatic heterocycles. The van der Waals surface area contributed by atoms with Gasteiger partial charge in [0.15, 0.2) is 0 Å². The maximum Gasteiger partial charge on any atom is 0.251 e. The van der Waals surface area contributed by atoms with Crippen molar-refractivity contribution in [3.05, 3.63) is 65.2 Å². The van der Waals surface area contributed by atoms with Gasteiger partial charge in [-0.1, -0.05) is 55.2 Å². The number of nitrogens with one attached hydrogen (secondary N) is 2. The molecule has 0 atom stereocenters. The lowest BCUT2D eigenvalue weighted by Crippen LogP contribution is -2.36. The summed E-state index contributed by atoms with van der Waals surface area (Å²) < 4.78 is 28.1. The predicted octanol–water partition coefficient (Wildman–Crippen LogP) is 3.54. The van der Waals surface area contributed by atoms with E-state index in [1.165, 1.54) is 12.1 Å². The molecule has 1 saturated carbocycles. The number of sulfonamides is 1. The molecule has 6 heteroatoms. The number of rotatable bonds is 6. The Bertz CT molecular complexity index is 903. The summed E-state index contributed by atoms with van der Waals surface area (Å²) in [5.41, 5.74) is 2.48. The third-order valence-corrected chi connectivity index (χ3v) is 6.39. The van der Waals surface area contributed by atoms with Crippen LogP contribution in [0.1, 0.15) is 53.6 Å². The van der Waals surface area contributed by atoms with Crippen molar-refractivity contribution in [2.24, 2.45) is 0 Å². The van der Waals surface area contributed by atoms with Crippen LogP contribution in [0.2, 0.25) is 0 Å². The van der Waals surface area contributed by atoms with E-state index in [0.717, 1.165) is 43.2 Å². The first kappa shape index (κ1) is 19.6. The summed E-state index contributed by atoms with van der Waals surface area (Å²) in [6, 6.07) is 14.1. The van der Waals surface area contributed by atoms with Gasteiger partial charge in [-0.15, -0.1) is 0 Å². The third kappa shape index (κ3) is 5.40. The summed E-state index contributed by atoms with van der Waals surface area (Å²) in [5.74, 6) is -0.286. The van der Waals surface area contributed by atoms with Crippen molar-refractivity contribution in [2.45, 2.75) is 56.5 Å². The molecule has 0 unspecified atom stereocenters. The van der Waals surface area contributed by atoms with Gasteiger partial charge in [-0.05, 0) is 43.5 Å². The van der Waals surface area contributed by atoms with Crippen molar-refractivity contribution >= 4 is 15.9 Å². The van der Waals surface area contributed by atoms with E-state index in [-0.39, 0.29) is 16.8 Å². The highest BCUT2D eigenvalue weighted by molar-refractivity contribution is 7.89. The van der Waals surface area contributed by atoms with Gasteiger partial charge >= 0.3 is 0 Å². The molecule has 0 heterocycles. The second-order valence-electron chi connectivity index (χ2n) is 7.16. The Kier molecular flexibility index (Phi) is 6.29. The Morgan fingerprint density at radius 3 is 2.52 bits per heavy atom. The van der Waals surface area contributed by atoms with E-state index in [9.17, 15) is 13.2 Å². The highest BCUT2D eigenvalue weighted by Crippen LogP contribution is 2.20. The molecule has 1 aliphatic rings. The Labute approximate surface area is 161 Å². The molecular weight excluding hydrogens is 360 g/mol. The van der Waals surface area contributed by atoms with Crippen LogP contribution in [0.4, 0.5) is 0 Å². The predicted molar refractivity (Wildman–Crippen MR) is 106 cm³/mol.